The molecular formula is C50H35N. The van der Waals surface area contributed by atoms with E-state index in [4.69, 9.17) is 0 Å². The molecule has 9 aromatic rings. The van der Waals surface area contributed by atoms with Crippen LogP contribution >= 0.6 is 0 Å². The third kappa shape index (κ3) is 6.07. The maximum Gasteiger partial charge on any atom is 0.0462 e. The standard InChI is InChI=1S/C50H35N/c1-2-10-36(11-3-1)43-16-8-17-44(34-43)38-22-28-46(29-23-38)51(47-30-24-39(25-31-47)45-21-20-37-12-4-5-14-42(37)35-45)48-32-26-41(27-33-48)50-19-9-15-40-13-6-7-18-49(40)50/h1-35H. The van der Waals surface area contributed by atoms with Crippen molar-refractivity contribution >= 4 is 38.6 Å². The molecule has 1 nitrogen and oxygen atoms in total. The fraction of sp³-hybridized carbons (Fsp3) is 0. The van der Waals surface area contributed by atoms with Crippen molar-refractivity contribution in [3.8, 4) is 44.5 Å². The van der Waals surface area contributed by atoms with E-state index in [2.05, 4.69) is 217 Å². The highest BCUT2D eigenvalue weighted by Crippen LogP contribution is 2.39. The summed E-state index contributed by atoms with van der Waals surface area (Å²) in [5, 5.41) is 5.02. The molecule has 0 saturated heterocycles. The normalized spacial score (nSPS) is 11.1. The van der Waals surface area contributed by atoms with Gasteiger partial charge in [-0.1, -0.05) is 164 Å². The number of anilines is 3. The summed E-state index contributed by atoms with van der Waals surface area (Å²) < 4.78 is 0. The number of hydrogen-bond donors (Lipinski definition) is 0. The molecule has 0 radical (unpaired) electrons. The highest BCUT2D eigenvalue weighted by Gasteiger charge is 2.15. The molecule has 9 rings (SSSR count). The van der Waals surface area contributed by atoms with Crippen LogP contribution in [0.25, 0.3) is 66.1 Å². The highest BCUT2D eigenvalue weighted by atomic mass is 15.1. The molecular weight excluding hydrogens is 615 g/mol. The van der Waals surface area contributed by atoms with Gasteiger partial charge in [0.25, 0.3) is 0 Å². The lowest BCUT2D eigenvalue weighted by Crippen LogP contribution is -2.09. The average molecular weight is 650 g/mol. The molecule has 9 aromatic carbocycles. The van der Waals surface area contributed by atoms with Crippen LogP contribution in [0.2, 0.25) is 0 Å². The van der Waals surface area contributed by atoms with Crippen LogP contribution in [0.1, 0.15) is 0 Å². The first-order chi connectivity index (χ1) is 25.3. The average Bonchev–Trinajstić information content (AvgIpc) is 3.22. The summed E-state index contributed by atoms with van der Waals surface area (Å²) >= 11 is 0. The summed E-state index contributed by atoms with van der Waals surface area (Å²) in [6.45, 7) is 0. The van der Waals surface area contributed by atoms with Crippen molar-refractivity contribution in [2.45, 2.75) is 0 Å². The van der Waals surface area contributed by atoms with Crippen LogP contribution in [0.4, 0.5) is 17.1 Å². The van der Waals surface area contributed by atoms with Gasteiger partial charge in [-0.05, 0) is 115 Å². The highest BCUT2D eigenvalue weighted by molar-refractivity contribution is 5.97. The molecule has 0 atom stereocenters. The first kappa shape index (κ1) is 30.4. The van der Waals surface area contributed by atoms with E-state index in [1.165, 1.54) is 66.1 Å². The van der Waals surface area contributed by atoms with E-state index < -0.39 is 0 Å². The predicted octanol–water partition coefficient (Wildman–Crippen LogP) is 14.1. The third-order valence-corrected chi connectivity index (χ3v) is 9.86. The van der Waals surface area contributed by atoms with Crippen LogP contribution in [0.3, 0.4) is 0 Å². The lowest BCUT2D eigenvalue weighted by Gasteiger charge is -2.26. The van der Waals surface area contributed by atoms with Gasteiger partial charge in [-0.3, -0.25) is 0 Å². The summed E-state index contributed by atoms with van der Waals surface area (Å²) in [7, 11) is 0. The second-order valence-electron chi connectivity index (χ2n) is 13.0. The van der Waals surface area contributed by atoms with Gasteiger partial charge in [0.15, 0.2) is 0 Å². The monoisotopic (exact) mass is 649 g/mol. The molecule has 0 fully saturated rings. The maximum atomic E-state index is 2.35. The Morgan fingerprint density at radius 3 is 1.31 bits per heavy atom. The van der Waals surface area contributed by atoms with E-state index in [1.807, 2.05) is 0 Å². The molecule has 0 spiro atoms. The smallest absolute Gasteiger partial charge is 0.0462 e. The SMILES string of the molecule is c1ccc(-c2cccc(-c3ccc(N(c4ccc(-c5ccc6ccccc6c5)cc4)c4ccc(-c5cccc6ccccc56)cc4)cc3)c2)cc1. The zero-order valence-corrected chi connectivity index (χ0v) is 28.2. The minimum atomic E-state index is 1.11. The summed E-state index contributed by atoms with van der Waals surface area (Å²) in [6.07, 6.45) is 0. The molecule has 0 bridgehead atoms. The zero-order valence-electron chi connectivity index (χ0n) is 28.2. The van der Waals surface area contributed by atoms with Crippen molar-refractivity contribution < 1.29 is 0 Å². The number of hydrogen-bond acceptors (Lipinski definition) is 1. The fourth-order valence-electron chi connectivity index (χ4n) is 7.20. The van der Waals surface area contributed by atoms with Crippen molar-refractivity contribution in [1.82, 2.24) is 0 Å². The van der Waals surface area contributed by atoms with Crippen LogP contribution in [-0.2, 0) is 0 Å². The molecule has 0 heterocycles. The van der Waals surface area contributed by atoms with Crippen LogP contribution in [0.5, 0.6) is 0 Å². The molecule has 240 valence electrons. The summed E-state index contributed by atoms with van der Waals surface area (Å²) in [4.78, 5) is 2.35. The van der Waals surface area contributed by atoms with Gasteiger partial charge in [-0.2, -0.15) is 0 Å². The Hall–Kier alpha value is -6.70. The van der Waals surface area contributed by atoms with Crippen LogP contribution in [-0.4, -0.2) is 0 Å². The van der Waals surface area contributed by atoms with Crippen LogP contribution < -0.4 is 4.90 Å². The first-order valence-corrected chi connectivity index (χ1v) is 17.5. The summed E-state index contributed by atoms with van der Waals surface area (Å²) in [6, 6.07) is 76.6. The van der Waals surface area contributed by atoms with Crippen LogP contribution in [0.15, 0.2) is 212 Å². The minimum Gasteiger partial charge on any atom is -0.311 e. The summed E-state index contributed by atoms with van der Waals surface area (Å²) in [5.74, 6) is 0. The Balaban J connectivity index is 1.09. The van der Waals surface area contributed by atoms with Crippen molar-refractivity contribution in [2.75, 3.05) is 4.90 Å². The molecule has 0 aliphatic carbocycles. The van der Waals surface area contributed by atoms with Gasteiger partial charge in [-0.25, -0.2) is 0 Å². The summed E-state index contributed by atoms with van der Waals surface area (Å²) in [5.41, 5.74) is 13.0. The zero-order chi connectivity index (χ0) is 34.0. The van der Waals surface area contributed by atoms with Crippen LogP contribution in [0, 0.1) is 0 Å². The number of fused-ring (bicyclic) bond motifs is 2. The van der Waals surface area contributed by atoms with Crippen molar-refractivity contribution in [3.63, 3.8) is 0 Å². The van der Waals surface area contributed by atoms with Crippen molar-refractivity contribution in [2.24, 2.45) is 0 Å². The molecule has 0 aliphatic heterocycles. The van der Waals surface area contributed by atoms with Crippen molar-refractivity contribution in [1.29, 1.82) is 0 Å². The topological polar surface area (TPSA) is 3.24 Å². The van der Waals surface area contributed by atoms with Gasteiger partial charge in [0.1, 0.15) is 0 Å². The quantitative estimate of drug-likeness (QED) is 0.166. The lowest BCUT2D eigenvalue weighted by molar-refractivity contribution is 1.28. The second kappa shape index (κ2) is 13.3. The van der Waals surface area contributed by atoms with Gasteiger partial charge in [0, 0.05) is 17.1 Å². The predicted molar refractivity (Wildman–Crippen MR) is 218 cm³/mol. The Labute approximate surface area is 299 Å². The van der Waals surface area contributed by atoms with Gasteiger partial charge in [0.05, 0.1) is 0 Å². The molecule has 0 amide bonds. The Morgan fingerprint density at radius 2 is 0.667 bits per heavy atom. The minimum absolute atomic E-state index is 1.11. The van der Waals surface area contributed by atoms with E-state index in [0.29, 0.717) is 0 Å². The maximum absolute atomic E-state index is 2.35. The molecule has 0 aliphatic rings. The van der Waals surface area contributed by atoms with E-state index >= 15 is 0 Å². The molecule has 1 heteroatoms. The third-order valence-electron chi connectivity index (χ3n) is 9.86. The van der Waals surface area contributed by atoms with E-state index in [9.17, 15) is 0 Å². The Morgan fingerprint density at radius 1 is 0.235 bits per heavy atom. The van der Waals surface area contributed by atoms with E-state index in [-0.39, 0.29) is 0 Å². The number of nitrogens with zero attached hydrogens (tertiary/aromatic N) is 1. The van der Waals surface area contributed by atoms with Gasteiger partial charge < -0.3 is 4.90 Å². The number of rotatable bonds is 7. The van der Waals surface area contributed by atoms with Gasteiger partial charge >= 0.3 is 0 Å². The largest absolute Gasteiger partial charge is 0.311 e. The molecule has 0 saturated carbocycles. The molecule has 0 aromatic heterocycles. The molecule has 51 heavy (non-hydrogen) atoms. The molecule has 0 N–H and O–H groups in total. The fourth-order valence-corrected chi connectivity index (χ4v) is 7.20. The van der Waals surface area contributed by atoms with Gasteiger partial charge in [0.2, 0.25) is 0 Å². The molecule has 0 unspecified atom stereocenters. The first-order valence-electron chi connectivity index (χ1n) is 17.5. The Kier molecular flexibility index (Phi) is 7.92. The van der Waals surface area contributed by atoms with Gasteiger partial charge in [-0.15, -0.1) is 0 Å². The second-order valence-corrected chi connectivity index (χ2v) is 13.0. The van der Waals surface area contributed by atoms with E-state index in [0.717, 1.165) is 17.1 Å². The number of benzene rings is 9. The lowest BCUT2D eigenvalue weighted by atomic mass is 9.97. The Bertz CT molecular complexity index is 2600. The van der Waals surface area contributed by atoms with Crippen molar-refractivity contribution in [3.05, 3.63) is 212 Å². The van der Waals surface area contributed by atoms with E-state index in [1.54, 1.807) is 0 Å².